The third kappa shape index (κ3) is 3.48. The Hall–Kier alpha value is -0.610. The highest BCUT2D eigenvalue weighted by atomic mass is 16.2. The van der Waals surface area contributed by atoms with E-state index in [2.05, 4.69) is 35.6 Å². The number of hydrogen-bond donors (Lipinski definition) is 0. The standard InChI is InChI=1S/C18H33N3O/c1-14(2)11-21(16-7-9-19(3)10-8-16)17-12-20(13-17)18(22)15-5-4-6-15/h14-17H,4-13H2,1-3H3. The zero-order valence-electron chi connectivity index (χ0n) is 14.6. The fourth-order valence-corrected chi connectivity index (χ4v) is 4.10. The van der Waals surface area contributed by atoms with E-state index in [9.17, 15) is 4.79 Å². The Morgan fingerprint density at radius 1 is 1.09 bits per heavy atom. The molecule has 126 valence electrons. The Morgan fingerprint density at radius 3 is 2.23 bits per heavy atom. The molecular weight excluding hydrogens is 274 g/mol. The molecule has 4 heteroatoms. The second kappa shape index (κ2) is 6.88. The van der Waals surface area contributed by atoms with E-state index in [1.165, 1.54) is 38.9 Å². The van der Waals surface area contributed by atoms with Crippen molar-refractivity contribution in [3.8, 4) is 0 Å². The van der Waals surface area contributed by atoms with Gasteiger partial charge in [0, 0.05) is 37.6 Å². The van der Waals surface area contributed by atoms with Crippen molar-refractivity contribution < 1.29 is 4.79 Å². The molecule has 1 aliphatic carbocycles. The fraction of sp³-hybridized carbons (Fsp3) is 0.944. The van der Waals surface area contributed by atoms with Crippen LogP contribution in [-0.2, 0) is 4.79 Å². The van der Waals surface area contributed by atoms with Crippen molar-refractivity contribution >= 4 is 5.91 Å². The van der Waals surface area contributed by atoms with E-state index in [4.69, 9.17) is 0 Å². The lowest BCUT2D eigenvalue weighted by Crippen LogP contribution is -2.65. The SMILES string of the molecule is CC(C)CN(C1CCN(C)CC1)C1CN(C(=O)C2CCC2)C1. The average molecular weight is 307 g/mol. The molecule has 0 unspecified atom stereocenters. The molecule has 3 aliphatic rings. The van der Waals surface area contributed by atoms with Crippen LogP contribution in [0.5, 0.6) is 0 Å². The van der Waals surface area contributed by atoms with Crippen molar-refractivity contribution in [3.05, 3.63) is 0 Å². The van der Waals surface area contributed by atoms with Gasteiger partial charge in [0.05, 0.1) is 0 Å². The maximum atomic E-state index is 12.3. The molecule has 2 aliphatic heterocycles. The smallest absolute Gasteiger partial charge is 0.225 e. The third-order valence-corrected chi connectivity index (χ3v) is 5.83. The Bertz CT molecular complexity index is 380. The molecule has 22 heavy (non-hydrogen) atoms. The molecule has 0 spiro atoms. The Kier molecular flexibility index (Phi) is 5.08. The quantitative estimate of drug-likeness (QED) is 0.778. The van der Waals surface area contributed by atoms with Crippen LogP contribution in [0.1, 0.15) is 46.0 Å². The first-order valence-corrected chi connectivity index (χ1v) is 9.27. The molecule has 2 saturated heterocycles. The van der Waals surface area contributed by atoms with Crippen LogP contribution < -0.4 is 0 Å². The zero-order valence-corrected chi connectivity index (χ0v) is 14.6. The second-order valence-electron chi connectivity index (χ2n) is 8.15. The second-order valence-corrected chi connectivity index (χ2v) is 8.15. The zero-order chi connectivity index (χ0) is 15.7. The van der Waals surface area contributed by atoms with Crippen LogP contribution in [0.3, 0.4) is 0 Å². The molecule has 0 radical (unpaired) electrons. The predicted octanol–water partition coefficient (Wildman–Crippen LogP) is 2.05. The van der Waals surface area contributed by atoms with Gasteiger partial charge in [-0.3, -0.25) is 9.69 Å². The van der Waals surface area contributed by atoms with Crippen LogP contribution >= 0.6 is 0 Å². The largest absolute Gasteiger partial charge is 0.339 e. The van der Waals surface area contributed by atoms with Gasteiger partial charge in [-0.25, -0.2) is 0 Å². The van der Waals surface area contributed by atoms with E-state index in [0.29, 0.717) is 23.8 Å². The normalized spacial score (nSPS) is 25.6. The average Bonchev–Trinajstić information content (AvgIpc) is 2.34. The summed E-state index contributed by atoms with van der Waals surface area (Å²) in [6.07, 6.45) is 6.09. The minimum atomic E-state index is 0.364. The summed E-state index contributed by atoms with van der Waals surface area (Å²) in [5.74, 6) is 1.51. The molecule has 3 fully saturated rings. The number of likely N-dealkylation sites (tertiary alicyclic amines) is 2. The van der Waals surface area contributed by atoms with E-state index >= 15 is 0 Å². The maximum absolute atomic E-state index is 12.3. The number of nitrogens with zero attached hydrogens (tertiary/aromatic N) is 3. The van der Waals surface area contributed by atoms with Crippen molar-refractivity contribution in [2.24, 2.45) is 11.8 Å². The number of piperidine rings is 1. The topological polar surface area (TPSA) is 26.8 Å². The number of amides is 1. The number of hydrogen-bond acceptors (Lipinski definition) is 3. The molecule has 0 aromatic rings. The highest BCUT2D eigenvalue weighted by Gasteiger charge is 2.41. The van der Waals surface area contributed by atoms with Gasteiger partial charge in [0.1, 0.15) is 0 Å². The Balaban J connectivity index is 1.53. The molecule has 0 N–H and O–H groups in total. The maximum Gasteiger partial charge on any atom is 0.225 e. The summed E-state index contributed by atoms with van der Waals surface area (Å²) in [6, 6.07) is 1.34. The third-order valence-electron chi connectivity index (χ3n) is 5.83. The van der Waals surface area contributed by atoms with E-state index in [-0.39, 0.29) is 0 Å². The molecule has 3 rings (SSSR count). The highest BCUT2D eigenvalue weighted by Crippen LogP contribution is 2.31. The van der Waals surface area contributed by atoms with E-state index in [1.54, 1.807) is 0 Å². The van der Waals surface area contributed by atoms with Crippen molar-refractivity contribution in [2.45, 2.75) is 58.0 Å². The summed E-state index contributed by atoms with van der Waals surface area (Å²) in [5.41, 5.74) is 0. The van der Waals surface area contributed by atoms with Crippen molar-refractivity contribution in [2.75, 3.05) is 39.8 Å². The van der Waals surface area contributed by atoms with Crippen LogP contribution in [-0.4, -0.2) is 72.5 Å². The van der Waals surface area contributed by atoms with Gasteiger partial charge in [-0.1, -0.05) is 20.3 Å². The Labute approximate surface area is 135 Å². The summed E-state index contributed by atoms with van der Waals surface area (Å²) in [7, 11) is 2.23. The molecule has 0 atom stereocenters. The minimum Gasteiger partial charge on any atom is -0.339 e. The number of carbonyl (C=O) groups excluding carboxylic acids is 1. The van der Waals surface area contributed by atoms with Gasteiger partial charge in [0.15, 0.2) is 0 Å². The number of rotatable bonds is 5. The monoisotopic (exact) mass is 307 g/mol. The molecule has 1 saturated carbocycles. The van der Waals surface area contributed by atoms with Crippen LogP contribution in [0.4, 0.5) is 0 Å². The first-order chi connectivity index (χ1) is 10.5. The van der Waals surface area contributed by atoms with Crippen LogP contribution in [0, 0.1) is 11.8 Å². The molecule has 0 aromatic heterocycles. The van der Waals surface area contributed by atoms with Gasteiger partial charge in [-0.2, -0.15) is 0 Å². The lowest BCUT2D eigenvalue weighted by atomic mass is 9.83. The minimum absolute atomic E-state index is 0.364. The first-order valence-electron chi connectivity index (χ1n) is 9.27. The van der Waals surface area contributed by atoms with E-state index in [0.717, 1.165) is 32.0 Å². The molecule has 2 heterocycles. The fourth-order valence-electron chi connectivity index (χ4n) is 4.10. The summed E-state index contributed by atoms with van der Waals surface area (Å²) >= 11 is 0. The van der Waals surface area contributed by atoms with Gasteiger partial charge in [0.2, 0.25) is 5.91 Å². The van der Waals surface area contributed by atoms with Crippen molar-refractivity contribution in [3.63, 3.8) is 0 Å². The van der Waals surface area contributed by atoms with Gasteiger partial charge in [-0.15, -0.1) is 0 Å². The first kappa shape index (κ1) is 16.3. The molecule has 1 amide bonds. The van der Waals surface area contributed by atoms with Crippen LogP contribution in [0.15, 0.2) is 0 Å². The van der Waals surface area contributed by atoms with Crippen LogP contribution in [0.25, 0.3) is 0 Å². The van der Waals surface area contributed by atoms with Crippen molar-refractivity contribution in [1.82, 2.24) is 14.7 Å². The molecular formula is C18H33N3O. The van der Waals surface area contributed by atoms with E-state index in [1.807, 2.05) is 0 Å². The molecule has 4 nitrogen and oxygen atoms in total. The van der Waals surface area contributed by atoms with Gasteiger partial charge >= 0.3 is 0 Å². The lowest BCUT2D eigenvalue weighted by molar-refractivity contribution is -0.147. The highest BCUT2D eigenvalue weighted by molar-refractivity contribution is 5.80. The summed E-state index contributed by atoms with van der Waals surface area (Å²) < 4.78 is 0. The van der Waals surface area contributed by atoms with Gasteiger partial charge < -0.3 is 9.80 Å². The van der Waals surface area contributed by atoms with E-state index < -0.39 is 0 Å². The summed E-state index contributed by atoms with van der Waals surface area (Å²) in [5, 5.41) is 0. The summed E-state index contributed by atoms with van der Waals surface area (Å²) in [4.78, 5) is 19.6. The molecule has 0 bridgehead atoms. The number of carbonyl (C=O) groups is 1. The Morgan fingerprint density at radius 2 is 1.73 bits per heavy atom. The van der Waals surface area contributed by atoms with Gasteiger partial charge in [-0.05, 0) is 51.7 Å². The molecule has 0 aromatic carbocycles. The van der Waals surface area contributed by atoms with Crippen LogP contribution in [0.2, 0.25) is 0 Å². The summed E-state index contributed by atoms with van der Waals surface area (Å²) in [6.45, 7) is 10.2. The predicted molar refractivity (Wildman–Crippen MR) is 89.8 cm³/mol. The van der Waals surface area contributed by atoms with Gasteiger partial charge in [0.25, 0.3) is 0 Å². The lowest BCUT2D eigenvalue weighted by Gasteiger charge is -2.51. The van der Waals surface area contributed by atoms with Crippen molar-refractivity contribution in [1.29, 1.82) is 0 Å².